The van der Waals surface area contributed by atoms with E-state index in [4.69, 9.17) is 19.3 Å². The largest absolute Gasteiger partial charge is 0.493 e. The molecule has 7 nitrogen and oxygen atoms in total. The molecule has 1 aliphatic carbocycles. The molecule has 2 rings (SSSR count). The number of hydrogen-bond donors (Lipinski definition) is 2. The SMILES string of the molecule is COc1cc(CCC(=O)O)c(C2=C(C(=O)O)CCCCC2)c(OC)c1OC. The molecule has 0 fully saturated rings. The van der Waals surface area contributed by atoms with Gasteiger partial charge >= 0.3 is 11.9 Å². The maximum absolute atomic E-state index is 11.9. The Morgan fingerprint density at radius 2 is 1.63 bits per heavy atom. The number of allylic oxidation sites excluding steroid dienone is 1. The normalized spacial score (nSPS) is 14.5. The Labute approximate surface area is 158 Å². The number of aliphatic carboxylic acids is 2. The number of ether oxygens (including phenoxy) is 3. The smallest absolute Gasteiger partial charge is 0.331 e. The molecule has 1 aliphatic rings. The molecule has 0 amide bonds. The molecule has 0 aliphatic heterocycles. The zero-order chi connectivity index (χ0) is 20.0. The van der Waals surface area contributed by atoms with Crippen LogP contribution in [0, 0.1) is 0 Å². The first kappa shape index (κ1) is 20.6. The number of hydrogen-bond acceptors (Lipinski definition) is 5. The molecule has 0 bridgehead atoms. The summed E-state index contributed by atoms with van der Waals surface area (Å²) >= 11 is 0. The molecule has 0 radical (unpaired) electrons. The predicted octanol–water partition coefficient (Wildman–Crippen LogP) is 3.53. The van der Waals surface area contributed by atoms with E-state index < -0.39 is 11.9 Å². The second-order valence-electron chi connectivity index (χ2n) is 6.40. The van der Waals surface area contributed by atoms with Gasteiger partial charge in [0.15, 0.2) is 11.5 Å². The lowest BCUT2D eigenvalue weighted by molar-refractivity contribution is -0.137. The standard InChI is InChI=1S/C20H26O7/c1-25-15-11-12(9-10-16(21)22)17(19(27-3)18(15)26-2)13-7-5-4-6-8-14(13)20(23)24/h11H,4-10H2,1-3H3,(H,21,22)(H,23,24). The van der Waals surface area contributed by atoms with Crippen LogP contribution in [0.15, 0.2) is 11.6 Å². The van der Waals surface area contributed by atoms with Crippen molar-refractivity contribution in [2.45, 2.75) is 44.9 Å². The van der Waals surface area contributed by atoms with Gasteiger partial charge in [-0.2, -0.15) is 0 Å². The molecule has 148 valence electrons. The minimum absolute atomic E-state index is 0.0820. The van der Waals surface area contributed by atoms with Crippen molar-refractivity contribution in [2.75, 3.05) is 21.3 Å². The van der Waals surface area contributed by atoms with Crippen molar-refractivity contribution in [1.82, 2.24) is 0 Å². The van der Waals surface area contributed by atoms with Crippen molar-refractivity contribution >= 4 is 17.5 Å². The van der Waals surface area contributed by atoms with Crippen LogP contribution in [0.1, 0.15) is 49.7 Å². The van der Waals surface area contributed by atoms with Gasteiger partial charge < -0.3 is 24.4 Å². The van der Waals surface area contributed by atoms with Crippen LogP contribution in [-0.2, 0) is 16.0 Å². The van der Waals surface area contributed by atoms with Gasteiger partial charge in [-0.15, -0.1) is 0 Å². The fourth-order valence-corrected chi connectivity index (χ4v) is 3.57. The zero-order valence-corrected chi connectivity index (χ0v) is 16.0. The highest BCUT2D eigenvalue weighted by molar-refractivity contribution is 5.98. The molecule has 0 aromatic heterocycles. The first-order chi connectivity index (χ1) is 12.9. The monoisotopic (exact) mass is 378 g/mol. The van der Waals surface area contributed by atoms with Crippen molar-refractivity contribution in [3.8, 4) is 17.2 Å². The Hall–Kier alpha value is -2.70. The van der Waals surface area contributed by atoms with Crippen LogP contribution in [0.5, 0.6) is 17.2 Å². The van der Waals surface area contributed by atoms with Crippen LogP contribution in [0.4, 0.5) is 0 Å². The highest BCUT2D eigenvalue weighted by Gasteiger charge is 2.27. The van der Waals surface area contributed by atoms with Gasteiger partial charge in [-0.25, -0.2) is 4.79 Å². The lowest BCUT2D eigenvalue weighted by Crippen LogP contribution is -2.09. The average molecular weight is 378 g/mol. The Morgan fingerprint density at radius 1 is 0.963 bits per heavy atom. The van der Waals surface area contributed by atoms with Gasteiger partial charge in [0.2, 0.25) is 5.75 Å². The van der Waals surface area contributed by atoms with Gasteiger partial charge in [-0.3, -0.25) is 4.79 Å². The molecule has 1 aromatic carbocycles. The number of benzene rings is 1. The molecule has 0 unspecified atom stereocenters. The Balaban J connectivity index is 2.80. The topological polar surface area (TPSA) is 102 Å². The summed E-state index contributed by atoms with van der Waals surface area (Å²) in [6, 6.07) is 1.72. The molecular formula is C20H26O7. The second-order valence-corrected chi connectivity index (χ2v) is 6.40. The van der Waals surface area contributed by atoms with E-state index in [1.165, 1.54) is 21.3 Å². The Kier molecular flexibility index (Phi) is 7.10. The van der Waals surface area contributed by atoms with Crippen molar-refractivity contribution in [3.05, 3.63) is 22.8 Å². The molecule has 27 heavy (non-hydrogen) atoms. The summed E-state index contributed by atoms with van der Waals surface area (Å²) in [6.45, 7) is 0. The molecule has 0 saturated heterocycles. The lowest BCUT2D eigenvalue weighted by Gasteiger charge is -2.22. The third-order valence-electron chi connectivity index (χ3n) is 4.80. The van der Waals surface area contributed by atoms with Crippen LogP contribution in [-0.4, -0.2) is 43.5 Å². The van der Waals surface area contributed by atoms with Crippen LogP contribution < -0.4 is 14.2 Å². The molecule has 0 spiro atoms. The number of carboxylic acid groups (broad SMARTS) is 2. The van der Waals surface area contributed by atoms with Crippen molar-refractivity contribution in [1.29, 1.82) is 0 Å². The quantitative estimate of drug-likeness (QED) is 0.713. The maximum Gasteiger partial charge on any atom is 0.331 e. The number of aryl methyl sites for hydroxylation is 1. The molecule has 0 saturated carbocycles. The van der Waals surface area contributed by atoms with E-state index >= 15 is 0 Å². The van der Waals surface area contributed by atoms with Gasteiger partial charge in [-0.05, 0) is 49.3 Å². The van der Waals surface area contributed by atoms with Gasteiger partial charge in [0.1, 0.15) is 0 Å². The van der Waals surface area contributed by atoms with E-state index in [0.29, 0.717) is 52.4 Å². The summed E-state index contributed by atoms with van der Waals surface area (Å²) in [5.74, 6) is -0.705. The van der Waals surface area contributed by atoms with Crippen molar-refractivity contribution in [2.24, 2.45) is 0 Å². The fourth-order valence-electron chi connectivity index (χ4n) is 3.57. The Bertz CT molecular complexity index is 749. The highest BCUT2D eigenvalue weighted by Crippen LogP contribution is 2.47. The number of methoxy groups -OCH3 is 3. The summed E-state index contributed by atoms with van der Waals surface area (Å²) in [5.41, 5.74) is 2.35. The van der Waals surface area contributed by atoms with Crippen LogP contribution in [0.2, 0.25) is 0 Å². The van der Waals surface area contributed by atoms with E-state index in [2.05, 4.69) is 0 Å². The maximum atomic E-state index is 11.9. The highest BCUT2D eigenvalue weighted by atomic mass is 16.5. The van der Waals surface area contributed by atoms with E-state index in [1.807, 2.05) is 0 Å². The first-order valence-electron chi connectivity index (χ1n) is 8.93. The number of rotatable bonds is 8. The predicted molar refractivity (Wildman–Crippen MR) is 99.7 cm³/mol. The zero-order valence-electron chi connectivity index (χ0n) is 16.0. The minimum Gasteiger partial charge on any atom is -0.493 e. The third kappa shape index (κ3) is 4.53. The summed E-state index contributed by atoms with van der Waals surface area (Å²) in [4.78, 5) is 23.0. The van der Waals surface area contributed by atoms with Crippen LogP contribution >= 0.6 is 0 Å². The third-order valence-corrected chi connectivity index (χ3v) is 4.80. The van der Waals surface area contributed by atoms with Crippen LogP contribution in [0.3, 0.4) is 0 Å². The lowest BCUT2D eigenvalue weighted by atomic mass is 9.89. The Morgan fingerprint density at radius 3 is 2.19 bits per heavy atom. The summed E-state index contributed by atoms with van der Waals surface area (Å²) in [7, 11) is 4.46. The van der Waals surface area contributed by atoms with Gasteiger partial charge in [0.05, 0.1) is 21.3 Å². The van der Waals surface area contributed by atoms with E-state index in [-0.39, 0.29) is 12.8 Å². The summed E-state index contributed by atoms with van der Waals surface area (Å²) in [6.07, 6.45) is 3.83. The molecule has 0 heterocycles. The molecular weight excluding hydrogens is 352 g/mol. The fraction of sp³-hybridized carbons (Fsp3) is 0.500. The van der Waals surface area contributed by atoms with Crippen molar-refractivity contribution < 1.29 is 34.0 Å². The van der Waals surface area contributed by atoms with Gasteiger partial charge in [0.25, 0.3) is 0 Å². The number of carbonyl (C=O) groups is 2. The summed E-state index contributed by atoms with van der Waals surface area (Å²) in [5, 5.41) is 18.9. The average Bonchev–Trinajstić information content (AvgIpc) is 2.90. The number of carboxylic acids is 2. The summed E-state index contributed by atoms with van der Waals surface area (Å²) < 4.78 is 16.4. The van der Waals surface area contributed by atoms with E-state index in [0.717, 1.165) is 19.3 Å². The van der Waals surface area contributed by atoms with E-state index in [1.54, 1.807) is 6.07 Å². The van der Waals surface area contributed by atoms with E-state index in [9.17, 15) is 14.7 Å². The second kappa shape index (κ2) is 9.30. The molecule has 2 N–H and O–H groups in total. The molecule has 1 aromatic rings. The van der Waals surface area contributed by atoms with Crippen LogP contribution in [0.25, 0.3) is 5.57 Å². The molecule has 7 heteroatoms. The van der Waals surface area contributed by atoms with Gasteiger partial charge in [0, 0.05) is 17.6 Å². The first-order valence-corrected chi connectivity index (χ1v) is 8.93. The van der Waals surface area contributed by atoms with Crippen molar-refractivity contribution in [3.63, 3.8) is 0 Å². The molecule has 0 atom stereocenters. The van der Waals surface area contributed by atoms with Gasteiger partial charge in [-0.1, -0.05) is 6.42 Å². The minimum atomic E-state index is -0.951.